The van der Waals surface area contributed by atoms with Gasteiger partial charge >= 0.3 is 0 Å². The van der Waals surface area contributed by atoms with E-state index < -0.39 is 0 Å². The molecule has 17 heavy (non-hydrogen) atoms. The summed E-state index contributed by atoms with van der Waals surface area (Å²) in [4.78, 5) is 0. The van der Waals surface area contributed by atoms with E-state index >= 15 is 0 Å². The van der Waals surface area contributed by atoms with E-state index in [1.54, 1.807) is 0 Å². The molecule has 0 amide bonds. The molecular formula is C15H30O2. The molecule has 1 aliphatic heterocycles. The molecule has 2 heteroatoms. The monoisotopic (exact) mass is 242 g/mol. The van der Waals surface area contributed by atoms with E-state index in [2.05, 4.69) is 20.8 Å². The van der Waals surface area contributed by atoms with Crippen LogP contribution in [-0.2, 0) is 9.47 Å². The normalized spacial score (nSPS) is 20.5. The van der Waals surface area contributed by atoms with E-state index in [9.17, 15) is 0 Å². The minimum atomic E-state index is -0.289. The SMILES string of the molecule is CCCCCCCC1(C(C)C)OCCCCO1. The van der Waals surface area contributed by atoms with Gasteiger partial charge in [0.15, 0.2) is 5.79 Å². The van der Waals surface area contributed by atoms with E-state index in [0.29, 0.717) is 5.92 Å². The van der Waals surface area contributed by atoms with Crippen molar-refractivity contribution >= 4 is 0 Å². The van der Waals surface area contributed by atoms with E-state index in [4.69, 9.17) is 9.47 Å². The predicted octanol–water partition coefficient (Wildman–Crippen LogP) is 4.53. The van der Waals surface area contributed by atoms with Crippen molar-refractivity contribution in [3.8, 4) is 0 Å². The first-order valence-electron chi connectivity index (χ1n) is 7.49. The molecule has 0 aromatic carbocycles. The standard InChI is InChI=1S/C15H30O2/c1-4-5-6-7-8-11-15(14(2)3)16-12-9-10-13-17-15/h14H,4-13H2,1-3H3. The molecule has 0 saturated carbocycles. The molecule has 2 nitrogen and oxygen atoms in total. The second-order valence-corrected chi connectivity index (χ2v) is 5.53. The van der Waals surface area contributed by atoms with Crippen molar-refractivity contribution in [2.75, 3.05) is 13.2 Å². The van der Waals surface area contributed by atoms with Gasteiger partial charge in [-0.1, -0.05) is 46.5 Å². The second kappa shape index (κ2) is 8.10. The van der Waals surface area contributed by atoms with Crippen LogP contribution in [0.2, 0.25) is 0 Å². The summed E-state index contributed by atoms with van der Waals surface area (Å²) in [6, 6.07) is 0. The summed E-state index contributed by atoms with van der Waals surface area (Å²) in [6.07, 6.45) is 9.92. The minimum absolute atomic E-state index is 0.289. The third-order valence-corrected chi connectivity index (χ3v) is 3.74. The van der Waals surface area contributed by atoms with Crippen LogP contribution >= 0.6 is 0 Å². The molecule has 0 aliphatic carbocycles. The molecule has 0 spiro atoms. The van der Waals surface area contributed by atoms with Gasteiger partial charge in [0.1, 0.15) is 0 Å². The molecule has 0 aromatic heterocycles. The second-order valence-electron chi connectivity index (χ2n) is 5.53. The fourth-order valence-corrected chi connectivity index (χ4v) is 2.48. The number of hydrogen-bond donors (Lipinski definition) is 0. The largest absolute Gasteiger partial charge is 0.350 e. The maximum absolute atomic E-state index is 6.04. The smallest absolute Gasteiger partial charge is 0.170 e. The Hall–Kier alpha value is -0.0800. The van der Waals surface area contributed by atoms with Crippen molar-refractivity contribution in [2.45, 2.75) is 77.9 Å². The van der Waals surface area contributed by atoms with E-state index in [0.717, 1.165) is 32.5 Å². The van der Waals surface area contributed by atoms with Crippen LogP contribution in [0.5, 0.6) is 0 Å². The molecule has 1 saturated heterocycles. The maximum atomic E-state index is 6.04. The first kappa shape index (κ1) is 15.0. The molecule has 0 atom stereocenters. The summed E-state index contributed by atoms with van der Waals surface area (Å²) >= 11 is 0. The van der Waals surface area contributed by atoms with Crippen LogP contribution in [0.4, 0.5) is 0 Å². The average molecular weight is 242 g/mol. The van der Waals surface area contributed by atoms with Gasteiger partial charge in [0, 0.05) is 12.3 Å². The zero-order valence-electron chi connectivity index (χ0n) is 12.0. The Bertz CT molecular complexity index is 181. The summed E-state index contributed by atoms with van der Waals surface area (Å²) in [7, 11) is 0. The molecule has 0 bridgehead atoms. The Morgan fingerprint density at radius 3 is 2.06 bits per heavy atom. The van der Waals surface area contributed by atoms with Gasteiger partial charge in [0.2, 0.25) is 0 Å². The van der Waals surface area contributed by atoms with Crippen LogP contribution in [0.15, 0.2) is 0 Å². The van der Waals surface area contributed by atoms with Crippen LogP contribution in [-0.4, -0.2) is 19.0 Å². The predicted molar refractivity (Wildman–Crippen MR) is 72.1 cm³/mol. The summed E-state index contributed by atoms with van der Waals surface area (Å²) in [5.41, 5.74) is 0. The van der Waals surface area contributed by atoms with Gasteiger partial charge in [-0.25, -0.2) is 0 Å². The fraction of sp³-hybridized carbons (Fsp3) is 1.00. The Balaban J connectivity index is 2.35. The van der Waals surface area contributed by atoms with Crippen molar-refractivity contribution in [3.63, 3.8) is 0 Å². The lowest BCUT2D eigenvalue weighted by molar-refractivity contribution is -0.255. The van der Waals surface area contributed by atoms with Crippen LogP contribution in [0.3, 0.4) is 0 Å². The quantitative estimate of drug-likeness (QED) is 0.611. The number of ether oxygens (including phenoxy) is 2. The Morgan fingerprint density at radius 2 is 1.53 bits per heavy atom. The van der Waals surface area contributed by atoms with Gasteiger partial charge in [-0.3, -0.25) is 0 Å². The summed E-state index contributed by atoms with van der Waals surface area (Å²) in [5, 5.41) is 0. The zero-order chi connectivity index (χ0) is 12.6. The highest BCUT2D eigenvalue weighted by Gasteiger charge is 2.36. The van der Waals surface area contributed by atoms with Gasteiger partial charge in [0.05, 0.1) is 13.2 Å². The molecule has 1 rings (SSSR count). The highest BCUT2D eigenvalue weighted by molar-refractivity contribution is 4.76. The highest BCUT2D eigenvalue weighted by Crippen LogP contribution is 2.32. The average Bonchev–Trinajstić information content (AvgIpc) is 2.55. The Labute approximate surface area is 107 Å². The van der Waals surface area contributed by atoms with E-state index in [-0.39, 0.29) is 5.79 Å². The van der Waals surface area contributed by atoms with Gasteiger partial charge in [-0.05, 0) is 19.3 Å². The van der Waals surface area contributed by atoms with Gasteiger partial charge in [-0.15, -0.1) is 0 Å². The molecule has 0 N–H and O–H groups in total. The van der Waals surface area contributed by atoms with Crippen molar-refractivity contribution in [2.24, 2.45) is 5.92 Å². The highest BCUT2D eigenvalue weighted by atomic mass is 16.7. The van der Waals surface area contributed by atoms with E-state index in [1.807, 2.05) is 0 Å². The summed E-state index contributed by atoms with van der Waals surface area (Å²) < 4.78 is 12.1. The van der Waals surface area contributed by atoms with Gasteiger partial charge < -0.3 is 9.47 Å². The number of hydrogen-bond acceptors (Lipinski definition) is 2. The molecule has 0 aromatic rings. The molecule has 1 heterocycles. The zero-order valence-corrected chi connectivity index (χ0v) is 12.0. The minimum Gasteiger partial charge on any atom is -0.350 e. The van der Waals surface area contributed by atoms with Crippen LogP contribution in [0, 0.1) is 5.92 Å². The molecular weight excluding hydrogens is 212 g/mol. The first-order chi connectivity index (χ1) is 8.21. The third kappa shape index (κ3) is 4.97. The lowest BCUT2D eigenvalue weighted by Crippen LogP contribution is -2.40. The Kier molecular flexibility index (Phi) is 7.14. The third-order valence-electron chi connectivity index (χ3n) is 3.74. The lowest BCUT2D eigenvalue weighted by atomic mass is 9.95. The molecule has 1 aliphatic rings. The first-order valence-corrected chi connectivity index (χ1v) is 7.49. The number of unbranched alkanes of at least 4 members (excludes halogenated alkanes) is 4. The lowest BCUT2D eigenvalue weighted by Gasteiger charge is -2.36. The maximum Gasteiger partial charge on any atom is 0.170 e. The van der Waals surface area contributed by atoms with Crippen LogP contribution < -0.4 is 0 Å². The van der Waals surface area contributed by atoms with Crippen LogP contribution in [0.25, 0.3) is 0 Å². The molecule has 0 radical (unpaired) electrons. The fourth-order valence-electron chi connectivity index (χ4n) is 2.48. The number of rotatable bonds is 7. The summed E-state index contributed by atoms with van der Waals surface area (Å²) in [6.45, 7) is 8.43. The molecule has 0 unspecified atom stereocenters. The van der Waals surface area contributed by atoms with Crippen molar-refractivity contribution in [1.29, 1.82) is 0 Å². The van der Waals surface area contributed by atoms with Crippen molar-refractivity contribution in [1.82, 2.24) is 0 Å². The van der Waals surface area contributed by atoms with E-state index in [1.165, 1.54) is 32.1 Å². The van der Waals surface area contributed by atoms with Crippen molar-refractivity contribution in [3.05, 3.63) is 0 Å². The topological polar surface area (TPSA) is 18.5 Å². The van der Waals surface area contributed by atoms with Crippen molar-refractivity contribution < 1.29 is 9.47 Å². The van der Waals surface area contributed by atoms with Gasteiger partial charge in [0.25, 0.3) is 0 Å². The summed E-state index contributed by atoms with van der Waals surface area (Å²) in [5.74, 6) is 0.162. The molecule has 102 valence electrons. The molecule has 1 fully saturated rings. The Morgan fingerprint density at radius 1 is 0.941 bits per heavy atom. The van der Waals surface area contributed by atoms with Gasteiger partial charge in [-0.2, -0.15) is 0 Å². The van der Waals surface area contributed by atoms with Crippen LogP contribution in [0.1, 0.15) is 72.1 Å².